The predicted octanol–water partition coefficient (Wildman–Crippen LogP) is 3.67. The van der Waals surface area contributed by atoms with Crippen LogP contribution in [-0.2, 0) is 25.5 Å². The minimum absolute atomic E-state index is 0.0968. The first-order valence-electron chi connectivity index (χ1n) is 8.29. The van der Waals surface area contributed by atoms with Crippen molar-refractivity contribution in [1.82, 2.24) is 5.32 Å². The van der Waals surface area contributed by atoms with E-state index in [4.69, 9.17) is 14.2 Å². The number of carbonyl (C=O) groups is 2. The SMILES string of the molecule is COC(=O)C1=COC(OC(=O)NCc2ccc(Br)cc2)C2C(C)=CCC12. The van der Waals surface area contributed by atoms with Crippen molar-refractivity contribution in [2.75, 3.05) is 7.11 Å². The molecule has 0 aromatic heterocycles. The van der Waals surface area contributed by atoms with Crippen molar-refractivity contribution in [1.29, 1.82) is 0 Å². The van der Waals surface area contributed by atoms with E-state index in [1.165, 1.54) is 13.4 Å². The van der Waals surface area contributed by atoms with Crippen LogP contribution in [0.25, 0.3) is 0 Å². The number of halogens is 1. The second-order valence-corrected chi connectivity index (χ2v) is 7.19. The van der Waals surface area contributed by atoms with Crippen LogP contribution < -0.4 is 5.32 Å². The third kappa shape index (κ3) is 3.93. The maximum atomic E-state index is 12.2. The molecule has 2 aliphatic rings. The van der Waals surface area contributed by atoms with Crippen LogP contribution in [0.4, 0.5) is 4.79 Å². The van der Waals surface area contributed by atoms with E-state index in [0.29, 0.717) is 18.5 Å². The van der Waals surface area contributed by atoms with Crippen molar-refractivity contribution in [3.63, 3.8) is 0 Å². The Kier molecular flexibility index (Phi) is 5.66. The van der Waals surface area contributed by atoms with Gasteiger partial charge in [-0.25, -0.2) is 9.59 Å². The second-order valence-electron chi connectivity index (χ2n) is 6.27. The smallest absolute Gasteiger partial charge is 0.410 e. The first-order chi connectivity index (χ1) is 12.5. The molecule has 138 valence electrons. The predicted molar refractivity (Wildman–Crippen MR) is 97.8 cm³/mol. The van der Waals surface area contributed by atoms with Crippen LogP contribution in [0.15, 0.2) is 52.2 Å². The van der Waals surface area contributed by atoms with Crippen molar-refractivity contribution in [3.05, 3.63) is 57.8 Å². The number of esters is 1. The van der Waals surface area contributed by atoms with Gasteiger partial charge in [-0.15, -0.1) is 0 Å². The number of nitrogens with one attached hydrogen (secondary N) is 1. The summed E-state index contributed by atoms with van der Waals surface area (Å²) in [4.78, 5) is 24.1. The largest absolute Gasteiger partial charge is 0.466 e. The Morgan fingerprint density at radius 2 is 2.04 bits per heavy atom. The van der Waals surface area contributed by atoms with E-state index in [-0.39, 0.29) is 11.8 Å². The lowest BCUT2D eigenvalue weighted by molar-refractivity contribution is -0.141. The third-order valence-electron chi connectivity index (χ3n) is 4.67. The van der Waals surface area contributed by atoms with Gasteiger partial charge in [-0.05, 0) is 31.0 Å². The van der Waals surface area contributed by atoms with E-state index >= 15 is 0 Å². The molecule has 1 amide bonds. The molecule has 0 saturated carbocycles. The van der Waals surface area contributed by atoms with Crippen molar-refractivity contribution < 1.29 is 23.8 Å². The number of carbonyl (C=O) groups excluding carboxylic acids is 2. The average Bonchev–Trinajstić information content (AvgIpc) is 3.03. The lowest BCUT2D eigenvalue weighted by Gasteiger charge is -2.33. The van der Waals surface area contributed by atoms with Crippen molar-refractivity contribution in [2.45, 2.75) is 26.2 Å². The molecule has 0 saturated heterocycles. The number of fused-ring (bicyclic) bond motifs is 1. The number of alkyl carbamates (subject to hydrolysis) is 1. The molecule has 1 aliphatic heterocycles. The number of rotatable bonds is 4. The van der Waals surface area contributed by atoms with Crippen LogP contribution in [0.1, 0.15) is 18.9 Å². The Bertz CT molecular complexity index is 756. The first-order valence-corrected chi connectivity index (χ1v) is 9.08. The van der Waals surface area contributed by atoms with E-state index < -0.39 is 18.4 Å². The van der Waals surface area contributed by atoms with Gasteiger partial charge in [-0.1, -0.05) is 39.7 Å². The van der Waals surface area contributed by atoms with Gasteiger partial charge >= 0.3 is 12.1 Å². The van der Waals surface area contributed by atoms with Crippen LogP contribution >= 0.6 is 15.9 Å². The fourth-order valence-electron chi connectivity index (χ4n) is 3.29. The molecule has 0 radical (unpaired) electrons. The van der Waals surface area contributed by atoms with Gasteiger partial charge in [0.05, 0.1) is 24.9 Å². The summed E-state index contributed by atoms with van der Waals surface area (Å²) in [5.74, 6) is -0.700. The molecule has 1 N–H and O–H groups in total. The monoisotopic (exact) mass is 421 g/mol. The summed E-state index contributed by atoms with van der Waals surface area (Å²) in [6.45, 7) is 2.30. The summed E-state index contributed by atoms with van der Waals surface area (Å²) in [6.07, 6.45) is 2.76. The van der Waals surface area contributed by atoms with Gasteiger partial charge in [0.1, 0.15) is 0 Å². The van der Waals surface area contributed by atoms with Crippen LogP contribution in [0.5, 0.6) is 0 Å². The standard InChI is InChI=1S/C19H20BrNO5/c1-11-3-8-14-15(17(22)24-2)10-25-18(16(11)14)26-19(23)21-9-12-4-6-13(20)7-5-12/h3-7,10,14,16,18H,8-9H2,1-2H3,(H,21,23). The lowest BCUT2D eigenvalue weighted by atomic mass is 9.84. The normalized spacial score (nSPS) is 23.9. The molecule has 3 atom stereocenters. The number of methoxy groups -OCH3 is 1. The quantitative estimate of drug-likeness (QED) is 0.592. The van der Waals surface area contributed by atoms with E-state index in [1.807, 2.05) is 37.3 Å². The molecule has 26 heavy (non-hydrogen) atoms. The molecule has 1 aliphatic carbocycles. The van der Waals surface area contributed by atoms with Gasteiger partial charge in [0.25, 0.3) is 6.29 Å². The van der Waals surface area contributed by atoms with Crippen molar-refractivity contribution in [2.24, 2.45) is 11.8 Å². The molecular weight excluding hydrogens is 402 g/mol. The number of ether oxygens (including phenoxy) is 3. The molecule has 0 bridgehead atoms. The van der Waals surface area contributed by atoms with E-state index in [1.54, 1.807) is 0 Å². The van der Waals surface area contributed by atoms with E-state index in [0.717, 1.165) is 15.6 Å². The Labute approximate surface area is 160 Å². The van der Waals surface area contributed by atoms with E-state index in [2.05, 4.69) is 21.2 Å². The van der Waals surface area contributed by atoms with E-state index in [9.17, 15) is 9.59 Å². The number of allylic oxidation sites excluding steroid dienone is 1. The van der Waals surface area contributed by atoms with Crippen molar-refractivity contribution in [3.8, 4) is 0 Å². The average molecular weight is 422 g/mol. The molecule has 6 nitrogen and oxygen atoms in total. The highest BCUT2D eigenvalue weighted by Crippen LogP contribution is 2.43. The first kappa shape index (κ1) is 18.5. The molecule has 1 aromatic rings. The van der Waals surface area contributed by atoms with Crippen LogP contribution in [-0.4, -0.2) is 25.5 Å². The molecule has 0 fully saturated rings. The molecule has 1 aromatic carbocycles. The third-order valence-corrected chi connectivity index (χ3v) is 5.20. The van der Waals surface area contributed by atoms with Gasteiger partial charge in [0.15, 0.2) is 0 Å². The molecule has 1 heterocycles. The van der Waals surface area contributed by atoms with Crippen LogP contribution in [0.2, 0.25) is 0 Å². The summed E-state index contributed by atoms with van der Waals surface area (Å²) in [6, 6.07) is 7.63. The minimum atomic E-state index is -0.767. The highest BCUT2D eigenvalue weighted by Gasteiger charge is 2.44. The topological polar surface area (TPSA) is 73.9 Å². The highest BCUT2D eigenvalue weighted by molar-refractivity contribution is 9.10. The van der Waals surface area contributed by atoms with Gasteiger partial charge in [-0.2, -0.15) is 0 Å². The minimum Gasteiger partial charge on any atom is -0.466 e. The Hall–Kier alpha value is -2.28. The fourth-order valence-corrected chi connectivity index (χ4v) is 3.56. The zero-order chi connectivity index (χ0) is 18.7. The summed E-state index contributed by atoms with van der Waals surface area (Å²) in [5, 5.41) is 2.72. The number of amides is 1. The van der Waals surface area contributed by atoms with Crippen molar-refractivity contribution >= 4 is 28.0 Å². The fraction of sp³-hybridized carbons (Fsp3) is 0.368. The van der Waals surface area contributed by atoms with Gasteiger partial charge in [0.2, 0.25) is 0 Å². The number of benzene rings is 1. The van der Waals surface area contributed by atoms with Gasteiger partial charge < -0.3 is 19.5 Å². The highest BCUT2D eigenvalue weighted by atomic mass is 79.9. The Morgan fingerprint density at radius 3 is 2.73 bits per heavy atom. The zero-order valence-corrected chi connectivity index (χ0v) is 16.1. The molecule has 0 spiro atoms. The molecule has 3 unspecified atom stereocenters. The zero-order valence-electron chi connectivity index (χ0n) is 14.5. The summed E-state index contributed by atoms with van der Waals surface area (Å²) in [7, 11) is 1.34. The Balaban J connectivity index is 1.62. The maximum Gasteiger partial charge on any atom is 0.410 e. The number of hydrogen-bond donors (Lipinski definition) is 1. The molecule has 3 rings (SSSR count). The van der Waals surface area contributed by atoms with Gasteiger partial charge in [0, 0.05) is 16.9 Å². The summed E-state index contributed by atoms with van der Waals surface area (Å²) in [5.41, 5.74) is 2.47. The lowest BCUT2D eigenvalue weighted by Crippen LogP contribution is -2.40. The van der Waals surface area contributed by atoms with Crippen LogP contribution in [0.3, 0.4) is 0 Å². The summed E-state index contributed by atoms with van der Waals surface area (Å²) >= 11 is 3.37. The van der Waals surface area contributed by atoms with Crippen LogP contribution in [0, 0.1) is 11.8 Å². The Morgan fingerprint density at radius 1 is 1.31 bits per heavy atom. The second kappa shape index (κ2) is 7.95. The van der Waals surface area contributed by atoms with Gasteiger partial charge in [-0.3, -0.25) is 0 Å². The molecular formula is C19H20BrNO5. The number of hydrogen-bond acceptors (Lipinski definition) is 5. The summed E-state index contributed by atoms with van der Waals surface area (Å²) < 4.78 is 16.8. The molecule has 7 heteroatoms. The maximum absolute atomic E-state index is 12.2.